The molecule has 1 aliphatic heterocycles. The number of hydrogen-bond acceptors (Lipinski definition) is 6. The van der Waals surface area contributed by atoms with Crippen molar-refractivity contribution in [3.05, 3.63) is 91.4 Å². The van der Waals surface area contributed by atoms with Crippen molar-refractivity contribution in [1.82, 2.24) is 5.32 Å². The Bertz CT molecular complexity index is 1340. The molecule has 35 heavy (non-hydrogen) atoms. The highest BCUT2D eigenvalue weighted by Crippen LogP contribution is 2.36. The van der Waals surface area contributed by atoms with Gasteiger partial charge in [0.25, 0.3) is 5.91 Å². The van der Waals surface area contributed by atoms with E-state index in [1.807, 2.05) is 37.3 Å². The first-order valence-electron chi connectivity index (χ1n) is 10.5. The molecular formula is C26H21IN2O5S. The van der Waals surface area contributed by atoms with Gasteiger partial charge in [-0.05, 0) is 94.9 Å². The highest BCUT2D eigenvalue weighted by molar-refractivity contribution is 14.1. The van der Waals surface area contributed by atoms with Crippen LogP contribution in [0.4, 0.5) is 5.69 Å². The summed E-state index contributed by atoms with van der Waals surface area (Å²) in [4.78, 5) is 28.5. The second-order valence-electron chi connectivity index (χ2n) is 7.64. The van der Waals surface area contributed by atoms with Crippen molar-refractivity contribution in [3.63, 3.8) is 0 Å². The molecule has 0 atom stereocenters. The number of rotatable bonds is 7. The number of aromatic carboxylic acids is 1. The molecule has 0 saturated carbocycles. The normalized spacial score (nSPS) is 15.3. The van der Waals surface area contributed by atoms with Gasteiger partial charge in [0.15, 0.2) is 16.7 Å². The summed E-state index contributed by atoms with van der Waals surface area (Å²) >= 11 is 3.44. The molecule has 0 spiro atoms. The number of aryl methyl sites for hydroxylation is 1. The number of hydrogen-bond donors (Lipinski definition) is 2. The first-order valence-corrected chi connectivity index (χ1v) is 12.4. The molecule has 7 nitrogen and oxygen atoms in total. The van der Waals surface area contributed by atoms with Crippen molar-refractivity contribution in [2.24, 2.45) is 4.99 Å². The van der Waals surface area contributed by atoms with Crippen LogP contribution in [0.2, 0.25) is 0 Å². The summed E-state index contributed by atoms with van der Waals surface area (Å²) < 4.78 is 12.3. The molecule has 4 rings (SSSR count). The van der Waals surface area contributed by atoms with Gasteiger partial charge in [-0.3, -0.25) is 4.79 Å². The minimum absolute atomic E-state index is 0.208. The Morgan fingerprint density at radius 2 is 1.86 bits per heavy atom. The highest BCUT2D eigenvalue weighted by atomic mass is 127. The molecule has 1 aliphatic rings. The SMILES string of the molecule is COc1cc(/C=C2\SC(=Nc3ccc(C)cc3)NC2=O)cc(I)c1OCc1ccc(C(=O)O)cc1. The number of ether oxygens (including phenoxy) is 2. The number of carboxylic acid groups (broad SMARTS) is 1. The van der Waals surface area contributed by atoms with E-state index >= 15 is 0 Å². The van der Waals surface area contributed by atoms with Crippen LogP contribution in [0.15, 0.2) is 70.6 Å². The third kappa shape index (κ3) is 6.23. The molecule has 0 radical (unpaired) electrons. The summed E-state index contributed by atoms with van der Waals surface area (Å²) in [6.45, 7) is 2.26. The molecule has 0 aliphatic carbocycles. The van der Waals surface area contributed by atoms with Gasteiger partial charge in [-0.2, -0.15) is 0 Å². The van der Waals surface area contributed by atoms with E-state index in [-0.39, 0.29) is 18.1 Å². The standard InChI is InChI=1S/C26H21IN2O5S/c1-15-3-9-19(10-4-15)28-26-29-24(30)22(35-26)13-17-11-20(27)23(21(12-17)33-2)34-14-16-5-7-18(8-6-16)25(31)32/h3-13H,14H2,1-2H3,(H,31,32)(H,28,29,30)/b22-13-. The Morgan fingerprint density at radius 3 is 2.51 bits per heavy atom. The Morgan fingerprint density at radius 1 is 1.14 bits per heavy atom. The minimum atomic E-state index is -0.971. The third-order valence-corrected chi connectivity index (χ3v) is 6.76. The molecule has 1 heterocycles. The van der Waals surface area contributed by atoms with E-state index in [9.17, 15) is 9.59 Å². The van der Waals surface area contributed by atoms with Crippen LogP contribution in [0.3, 0.4) is 0 Å². The van der Waals surface area contributed by atoms with Crippen LogP contribution in [0.25, 0.3) is 6.08 Å². The number of thioether (sulfide) groups is 1. The molecule has 3 aromatic rings. The maximum Gasteiger partial charge on any atom is 0.335 e. The lowest BCUT2D eigenvalue weighted by Gasteiger charge is -2.14. The number of halogens is 1. The monoisotopic (exact) mass is 600 g/mol. The summed E-state index contributed by atoms with van der Waals surface area (Å²) in [7, 11) is 1.56. The summed E-state index contributed by atoms with van der Waals surface area (Å²) in [6, 6.07) is 18.0. The highest BCUT2D eigenvalue weighted by Gasteiger charge is 2.24. The van der Waals surface area contributed by atoms with E-state index in [4.69, 9.17) is 14.6 Å². The van der Waals surface area contributed by atoms with E-state index in [0.29, 0.717) is 21.6 Å². The minimum Gasteiger partial charge on any atom is -0.493 e. The Hall–Kier alpha value is -3.31. The Balaban J connectivity index is 1.50. The van der Waals surface area contributed by atoms with Crippen LogP contribution >= 0.6 is 34.4 Å². The molecule has 0 aromatic heterocycles. The molecule has 1 fully saturated rings. The zero-order valence-corrected chi connectivity index (χ0v) is 21.8. The van der Waals surface area contributed by atoms with E-state index in [0.717, 1.165) is 25.9 Å². The number of carbonyl (C=O) groups excluding carboxylic acids is 1. The predicted octanol–water partition coefficient (Wildman–Crippen LogP) is 5.78. The molecule has 1 amide bonds. The maximum absolute atomic E-state index is 12.5. The second-order valence-corrected chi connectivity index (χ2v) is 9.83. The van der Waals surface area contributed by atoms with E-state index in [2.05, 4.69) is 32.9 Å². The van der Waals surface area contributed by atoms with Crippen LogP contribution in [0.5, 0.6) is 11.5 Å². The average Bonchev–Trinajstić information content (AvgIpc) is 3.18. The van der Waals surface area contributed by atoms with Crippen LogP contribution < -0.4 is 14.8 Å². The van der Waals surface area contributed by atoms with Gasteiger partial charge in [-0.25, -0.2) is 9.79 Å². The van der Waals surface area contributed by atoms with Gasteiger partial charge < -0.3 is 19.9 Å². The number of benzene rings is 3. The molecule has 9 heteroatoms. The van der Waals surface area contributed by atoms with Gasteiger partial charge in [0.1, 0.15) is 6.61 Å². The largest absolute Gasteiger partial charge is 0.493 e. The summed E-state index contributed by atoms with van der Waals surface area (Å²) in [5, 5.41) is 12.4. The number of carbonyl (C=O) groups is 2. The van der Waals surface area contributed by atoms with Gasteiger partial charge in [0.2, 0.25) is 0 Å². The molecule has 3 aromatic carbocycles. The van der Waals surface area contributed by atoms with Crippen LogP contribution in [-0.2, 0) is 11.4 Å². The quantitative estimate of drug-likeness (QED) is 0.264. The fraction of sp³-hybridized carbons (Fsp3) is 0.115. The van der Waals surface area contributed by atoms with E-state index in [1.165, 1.54) is 11.8 Å². The zero-order chi connectivity index (χ0) is 24.9. The fourth-order valence-corrected chi connectivity index (χ4v) is 4.85. The first kappa shape index (κ1) is 24.8. The number of methoxy groups -OCH3 is 1. The summed E-state index contributed by atoms with van der Waals surface area (Å²) in [5.74, 6) is -0.0772. The van der Waals surface area contributed by atoms with Crippen LogP contribution in [0, 0.1) is 10.5 Å². The first-order chi connectivity index (χ1) is 16.8. The Labute approximate surface area is 220 Å². The van der Waals surface area contributed by atoms with Gasteiger partial charge in [-0.1, -0.05) is 29.8 Å². The van der Waals surface area contributed by atoms with Gasteiger partial charge >= 0.3 is 5.97 Å². The topological polar surface area (TPSA) is 97.2 Å². The summed E-state index contributed by atoms with van der Waals surface area (Å²) in [5.41, 5.74) is 3.76. The van der Waals surface area contributed by atoms with Crippen molar-refractivity contribution >= 4 is 63.2 Å². The fourth-order valence-electron chi connectivity index (χ4n) is 3.23. The van der Waals surface area contributed by atoms with Crippen molar-refractivity contribution in [1.29, 1.82) is 0 Å². The third-order valence-electron chi connectivity index (χ3n) is 5.05. The van der Waals surface area contributed by atoms with Gasteiger partial charge in [0.05, 0.1) is 26.8 Å². The van der Waals surface area contributed by atoms with Crippen LogP contribution in [-0.4, -0.2) is 29.3 Å². The summed E-state index contributed by atoms with van der Waals surface area (Å²) in [6.07, 6.45) is 1.79. The number of carboxylic acids is 1. The van der Waals surface area contributed by atoms with Crippen molar-refractivity contribution in [2.45, 2.75) is 13.5 Å². The number of aliphatic imine (C=N–C) groups is 1. The van der Waals surface area contributed by atoms with Crippen LogP contribution in [0.1, 0.15) is 27.0 Å². The van der Waals surface area contributed by atoms with Crippen molar-refractivity contribution < 1.29 is 24.2 Å². The molecule has 0 bridgehead atoms. The maximum atomic E-state index is 12.5. The van der Waals surface area contributed by atoms with Gasteiger partial charge in [-0.15, -0.1) is 0 Å². The lowest BCUT2D eigenvalue weighted by atomic mass is 10.1. The Kier molecular flexibility index (Phi) is 7.76. The smallest absolute Gasteiger partial charge is 0.335 e. The molecular weight excluding hydrogens is 579 g/mol. The lowest BCUT2D eigenvalue weighted by Crippen LogP contribution is -2.19. The predicted molar refractivity (Wildman–Crippen MR) is 145 cm³/mol. The number of nitrogens with one attached hydrogen (secondary N) is 1. The zero-order valence-electron chi connectivity index (χ0n) is 18.9. The van der Waals surface area contributed by atoms with Crippen molar-refractivity contribution in [2.75, 3.05) is 7.11 Å². The van der Waals surface area contributed by atoms with E-state index in [1.54, 1.807) is 43.5 Å². The van der Waals surface area contributed by atoms with Crippen molar-refractivity contribution in [3.8, 4) is 11.5 Å². The van der Waals surface area contributed by atoms with E-state index < -0.39 is 5.97 Å². The molecule has 2 N–H and O–H groups in total. The lowest BCUT2D eigenvalue weighted by molar-refractivity contribution is -0.115. The molecule has 1 saturated heterocycles. The molecule has 0 unspecified atom stereocenters. The number of nitrogens with zero attached hydrogens (tertiary/aromatic N) is 1. The molecule has 178 valence electrons. The van der Waals surface area contributed by atoms with Gasteiger partial charge in [0, 0.05) is 0 Å². The number of amides is 1. The number of amidine groups is 1. The average molecular weight is 600 g/mol. The second kappa shape index (κ2) is 11.0.